The van der Waals surface area contributed by atoms with Crippen LogP contribution in [0.1, 0.15) is 0 Å². The molecule has 27 heavy (non-hydrogen) atoms. The average molecular weight is 392 g/mol. The number of halogens is 1. The first-order valence-corrected chi connectivity index (χ1v) is 8.95. The SMILES string of the molecule is COc1cc(OC)nc(NC(=O)CN2CCN(c3ccccc3Cl)CC2)n1. The van der Waals surface area contributed by atoms with Crippen LogP contribution >= 0.6 is 11.6 Å². The molecule has 0 atom stereocenters. The van der Waals surface area contributed by atoms with Gasteiger partial charge in [-0.1, -0.05) is 23.7 Å². The Labute approximate surface area is 163 Å². The van der Waals surface area contributed by atoms with Crippen LogP contribution in [0, 0.1) is 0 Å². The van der Waals surface area contributed by atoms with Gasteiger partial charge in [0.15, 0.2) is 0 Å². The zero-order valence-electron chi connectivity index (χ0n) is 15.3. The average Bonchev–Trinajstić information content (AvgIpc) is 2.68. The van der Waals surface area contributed by atoms with E-state index in [9.17, 15) is 4.79 Å². The maximum atomic E-state index is 12.3. The molecule has 0 saturated carbocycles. The first-order valence-electron chi connectivity index (χ1n) is 8.58. The van der Waals surface area contributed by atoms with Gasteiger partial charge in [-0.2, -0.15) is 9.97 Å². The third kappa shape index (κ3) is 4.99. The van der Waals surface area contributed by atoms with Crippen LogP contribution < -0.4 is 19.7 Å². The normalized spacial score (nSPS) is 14.7. The Balaban J connectivity index is 1.53. The van der Waals surface area contributed by atoms with Crippen LogP contribution in [-0.2, 0) is 4.79 Å². The maximum absolute atomic E-state index is 12.3. The molecule has 2 heterocycles. The van der Waals surface area contributed by atoms with E-state index in [2.05, 4.69) is 25.1 Å². The number of benzene rings is 1. The van der Waals surface area contributed by atoms with Crippen molar-refractivity contribution in [1.29, 1.82) is 0 Å². The molecule has 1 fully saturated rings. The summed E-state index contributed by atoms with van der Waals surface area (Å²) in [6.45, 7) is 3.40. The van der Waals surface area contributed by atoms with Gasteiger partial charge in [-0.3, -0.25) is 15.0 Å². The highest BCUT2D eigenvalue weighted by atomic mass is 35.5. The van der Waals surface area contributed by atoms with Crippen molar-refractivity contribution in [2.75, 3.05) is 57.2 Å². The molecule has 1 aromatic carbocycles. The fourth-order valence-electron chi connectivity index (χ4n) is 2.89. The monoisotopic (exact) mass is 391 g/mol. The van der Waals surface area contributed by atoms with Crippen LogP contribution in [0.2, 0.25) is 5.02 Å². The Morgan fingerprint density at radius 2 is 1.74 bits per heavy atom. The van der Waals surface area contributed by atoms with Crippen molar-refractivity contribution >= 4 is 29.1 Å². The summed E-state index contributed by atoms with van der Waals surface area (Å²) in [4.78, 5) is 24.9. The number of anilines is 2. The molecular formula is C18H22ClN5O3. The highest BCUT2D eigenvalue weighted by Crippen LogP contribution is 2.26. The third-order valence-electron chi connectivity index (χ3n) is 4.28. The van der Waals surface area contributed by atoms with Crippen molar-refractivity contribution in [2.45, 2.75) is 0 Å². The van der Waals surface area contributed by atoms with Gasteiger partial charge in [0.1, 0.15) is 0 Å². The number of aromatic nitrogens is 2. The van der Waals surface area contributed by atoms with Gasteiger partial charge >= 0.3 is 0 Å². The van der Waals surface area contributed by atoms with Crippen LogP contribution in [0.4, 0.5) is 11.6 Å². The summed E-state index contributed by atoms with van der Waals surface area (Å²) in [6, 6.07) is 9.34. The van der Waals surface area contributed by atoms with Gasteiger partial charge in [-0.05, 0) is 12.1 Å². The molecule has 0 unspecified atom stereocenters. The number of methoxy groups -OCH3 is 2. The van der Waals surface area contributed by atoms with Crippen LogP contribution in [0.15, 0.2) is 30.3 Å². The molecule has 0 spiro atoms. The number of nitrogens with one attached hydrogen (secondary N) is 1. The van der Waals surface area contributed by atoms with Gasteiger partial charge < -0.3 is 14.4 Å². The number of piperazine rings is 1. The summed E-state index contributed by atoms with van der Waals surface area (Å²) in [5, 5.41) is 3.44. The number of hydrogen-bond donors (Lipinski definition) is 1. The summed E-state index contributed by atoms with van der Waals surface area (Å²) < 4.78 is 10.2. The minimum atomic E-state index is -0.184. The van der Waals surface area contributed by atoms with Gasteiger partial charge in [-0.15, -0.1) is 0 Å². The number of para-hydroxylation sites is 1. The largest absolute Gasteiger partial charge is 0.481 e. The fraction of sp³-hybridized carbons (Fsp3) is 0.389. The summed E-state index contributed by atoms with van der Waals surface area (Å²) in [5.41, 5.74) is 1.03. The topological polar surface area (TPSA) is 79.8 Å². The van der Waals surface area contributed by atoms with Crippen LogP contribution in [0.25, 0.3) is 0 Å². The molecule has 1 N–H and O–H groups in total. The number of carbonyl (C=O) groups is 1. The molecule has 1 aliphatic rings. The predicted octanol–water partition coefficient (Wildman–Crippen LogP) is 1.91. The Morgan fingerprint density at radius 1 is 1.11 bits per heavy atom. The van der Waals surface area contributed by atoms with E-state index in [1.54, 1.807) is 6.07 Å². The molecule has 8 nitrogen and oxygen atoms in total. The molecule has 2 aromatic rings. The molecule has 0 radical (unpaired) electrons. The van der Waals surface area contributed by atoms with Crippen LogP contribution in [0.3, 0.4) is 0 Å². The molecule has 0 bridgehead atoms. The zero-order valence-corrected chi connectivity index (χ0v) is 16.1. The number of nitrogens with zero attached hydrogens (tertiary/aromatic N) is 4. The van der Waals surface area contributed by atoms with E-state index in [0.29, 0.717) is 11.8 Å². The van der Waals surface area contributed by atoms with E-state index in [-0.39, 0.29) is 18.4 Å². The maximum Gasteiger partial charge on any atom is 0.240 e. The molecule has 1 aliphatic heterocycles. The third-order valence-corrected chi connectivity index (χ3v) is 4.60. The van der Waals surface area contributed by atoms with E-state index in [1.807, 2.05) is 24.3 Å². The van der Waals surface area contributed by atoms with E-state index >= 15 is 0 Å². The van der Waals surface area contributed by atoms with Crippen molar-refractivity contribution in [3.05, 3.63) is 35.4 Å². The summed E-state index contributed by atoms with van der Waals surface area (Å²) in [5.74, 6) is 0.624. The molecule has 1 saturated heterocycles. The summed E-state index contributed by atoms with van der Waals surface area (Å²) in [6.07, 6.45) is 0. The van der Waals surface area contributed by atoms with E-state index in [0.717, 1.165) is 36.9 Å². The number of hydrogen-bond acceptors (Lipinski definition) is 7. The lowest BCUT2D eigenvalue weighted by atomic mass is 10.2. The highest BCUT2D eigenvalue weighted by molar-refractivity contribution is 6.33. The van der Waals surface area contributed by atoms with Crippen molar-refractivity contribution in [3.63, 3.8) is 0 Å². The highest BCUT2D eigenvalue weighted by Gasteiger charge is 2.21. The van der Waals surface area contributed by atoms with E-state index < -0.39 is 0 Å². The van der Waals surface area contributed by atoms with Gasteiger partial charge in [0, 0.05) is 26.2 Å². The van der Waals surface area contributed by atoms with Gasteiger partial charge in [-0.25, -0.2) is 0 Å². The standard InChI is InChI=1S/C18H22ClN5O3/c1-26-16-11-17(27-2)22-18(21-16)20-15(25)12-23-7-9-24(10-8-23)14-6-4-3-5-13(14)19/h3-6,11H,7-10,12H2,1-2H3,(H,20,21,22,25). The lowest BCUT2D eigenvalue weighted by Gasteiger charge is -2.36. The van der Waals surface area contributed by atoms with E-state index in [1.165, 1.54) is 14.2 Å². The van der Waals surface area contributed by atoms with Crippen molar-refractivity contribution in [3.8, 4) is 11.8 Å². The Hall–Kier alpha value is -2.58. The van der Waals surface area contributed by atoms with Crippen molar-refractivity contribution < 1.29 is 14.3 Å². The first kappa shape index (κ1) is 19.2. The van der Waals surface area contributed by atoms with E-state index in [4.69, 9.17) is 21.1 Å². The van der Waals surface area contributed by atoms with Gasteiger partial charge in [0.2, 0.25) is 23.6 Å². The molecule has 3 rings (SSSR count). The predicted molar refractivity (Wildman–Crippen MR) is 104 cm³/mol. The number of rotatable bonds is 6. The fourth-order valence-corrected chi connectivity index (χ4v) is 3.15. The Bertz CT molecular complexity index is 774. The van der Waals surface area contributed by atoms with Crippen molar-refractivity contribution in [2.24, 2.45) is 0 Å². The molecule has 144 valence electrons. The van der Waals surface area contributed by atoms with Crippen LogP contribution in [0.5, 0.6) is 11.8 Å². The second kappa shape index (κ2) is 8.88. The molecule has 1 amide bonds. The molecular weight excluding hydrogens is 370 g/mol. The Morgan fingerprint density at radius 3 is 2.33 bits per heavy atom. The minimum absolute atomic E-state index is 0.158. The number of amides is 1. The summed E-state index contributed by atoms with van der Waals surface area (Å²) in [7, 11) is 2.98. The van der Waals surface area contributed by atoms with Gasteiger partial charge in [0.25, 0.3) is 0 Å². The smallest absolute Gasteiger partial charge is 0.240 e. The van der Waals surface area contributed by atoms with Gasteiger partial charge in [0.05, 0.1) is 37.5 Å². The van der Waals surface area contributed by atoms with Crippen LogP contribution in [-0.4, -0.2) is 67.7 Å². The second-order valence-corrected chi connectivity index (χ2v) is 6.45. The number of carbonyl (C=O) groups excluding carboxylic acids is 1. The zero-order chi connectivity index (χ0) is 19.2. The minimum Gasteiger partial charge on any atom is -0.481 e. The lowest BCUT2D eigenvalue weighted by molar-refractivity contribution is -0.117. The second-order valence-electron chi connectivity index (χ2n) is 6.04. The lowest BCUT2D eigenvalue weighted by Crippen LogP contribution is -2.48. The molecule has 1 aromatic heterocycles. The first-order chi connectivity index (χ1) is 13.1. The Kier molecular flexibility index (Phi) is 6.31. The number of ether oxygens (including phenoxy) is 2. The quantitative estimate of drug-likeness (QED) is 0.805. The molecule has 0 aliphatic carbocycles. The molecule has 9 heteroatoms. The summed E-state index contributed by atoms with van der Waals surface area (Å²) >= 11 is 6.26. The van der Waals surface area contributed by atoms with Crippen molar-refractivity contribution in [1.82, 2.24) is 14.9 Å².